The fourth-order valence-corrected chi connectivity index (χ4v) is 6.34. The number of nitriles is 1. The number of carbonyl (C=O) groups excluding carboxylic acids is 1. The van der Waals surface area contributed by atoms with Gasteiger partial charge in [-0.15, -0.1) is 0 Å². The van der Waals surface area contributed by atoms with E-state index in [0.717, 1.165) is 66.4 Å². The summed E-state index contributed by atoms with van der Waals surface area (Å²) in [6, 6.07) is 16.9. The van der Waals surface area contributed by atoms with Crippen molar-refractivity contribution in [3.63, 3.8) is 0 Å². The van der Waals surface area contributed by atoms with Crippen molar-refractivity contribution in [2.24, 2.45) is 0 Å². The maximum absolute atomic E-state index is 13.9. The highest BCUT2D eigenvalue weighted by atomic mass is 35.5. The number of halogens is 1. The number of benzene rings is 2. The van der Waals surface area contributed by atoms with Crippen molar-refractivity contribution in [3.8, 4) is 11.8 Å². The predicted octanol–water partition coefficient (Wildman–Crippen LogP) is 6.00. The summed E-state index contributed by atoms with van der Waals surface area (Å²) in [6.45, 7) is 2.42. The van der Waals surface area contributed by atoms with E-state index >= 15 is 0 Å². The molecule has 5 nitrogen and oxygen atoms in total. The first-order chi connectivity index (χ1) is 17.0. The third-order valence-corrected chi connectivity index (χ3v) is 8.07. The fourth-order valence-electron chi connectivity index (χ4n) is 6.22. The Morgan fingerprint density at radius 2 is 1.86 bits per heavy atom. The molecule has 3 heterocycles. The summed E-state index contributed by atoms with van der Waals surface area (Å²) >= 11 is 6.16. The summed E-state index contributed by atoms with van der Waals surface area (Å²) in [4.78, 5) is 16.2. The number of hydrogen-bond donors (Lipinski definition) is 1. The van der Waals surface area contributed by atoms with Crippen LogP contribution in [0.5, 0.6) is 0 Å². The molecule has 2 fully saturated rings. The van der Waals surface area contributed by atoms with Gasteiger partial charge in [-0.05, 0) is 81.3 Å². The molecule has 0 amide bonds. The van der Waals surface area contributed by atoms with Crippen molar-refractivity contribution in [1.82, 2.24) is 9.47 Å². The van der Waals surface area contributed by atoms with Gasteiger partial charge in [-0.1, -0.05) is 30.2 Å². The van der Waals surface area contributed by atoms with Gasteiger partial charge in [-0.3, -0.25) is 9.69 Å². The number of unbranched alkanes of at least 4 members (excludes halogenated alkanes) is 1. The van der Waals surface area contributed by atoms with E-state index in [4.69, 9.17) is 16.9 Å². The summed E-state index contributed by atoms with van der Waals surface area (Å²) < 4.78 is 2.16. The van der Waals surface area contributed by atoms with Crippen LogP contribution in [0.25, 0.3) is 16.6 Å². The Morgan fingerprint density at radius 3 is 2.54 bits per heavy atom. The highest BCUT2D eigenvalue weighted by Crippen LogP contribution is 2.36. The van der Waals surface area contributed by atoms with Crippen molar-refractivity contribution in [1.29, 1.82) is 5.26 Å². The number of aliphatic hydroxyl groups is 1. The van der Waals surface area contributed by atoms with Crippen LogP contribution < -0.4 is 0 Å². The van der Waals surface area contributed by atoms with Crippen LogP contribution in [-0.2, 0) is 6.42 Å². The number of hydrogen-bond acceptors (Lipinski definition) is 4. The van der Waals surface area contributed by atoms with Crippen molar-refractivity contribution in [3.05, 3.63) is 64.3 Å². The number of aryl methyl sites for hydroxylation is 1. The molecule has 2 aliphatic rings. The monoisotopic (exact) mass is 489 g/mol. The largest absolute Gasteiger partial charge is 0.393 e. The second-order valence-electron chi connectivity index (χ2n) is 10.1. The smallest absolute Gasteiger partial charge is 0.179 e. The van der Waals surface area contributed by atoms with Crippen LogP contribution in [-0.4, -0.2) is 45.1 Å². The van der Waals surface area contributed by atoms with Crippen molar-refractivity contribution in [2.75, 3.05) is 6.54 Å². The van der Waals surface area contributed by atoms with Gasteiger partial charge in [0.15, 0.2) is 5.78 Å². The number of nitrogens with zero attached hydrogens (tertiary/aromatic N) is 3. The average Bonchev–Trinajstić information content (AvgIpc) is 3.11. The van der Waals surface area contributed by atoms with E-state index in [-0.39, 0.29) is 24.0 Å². The van der Waals surface area contributed by atoms with Crippen molar-refractivity contribution in [2.45, 2.75) is 76.5 Å². The normalized spacial score (nSPS) is 22.3. The molecule has 3 aromatic rings. The molecule has 2 saturated heterocycles. The lowest BCUT2D eigenvalue weighted by atomic mass is 9.82. The Morgan fingerprint density at radius 1 is 1.14 bits per heavy atom. The SMILES string of the molecule is Cc1c(C(=O)CN2C3CCCC2CC(O)C3)c2ccc(CCCC#N)cc2n1-c1ccc(Cl)cc1. The number of aromatic nitrogens is 1. The Labute approximate surface area is 211 Å². The second-order valence-corrected chi connectivity index (χ2v) is 10.5. The molecule has 0 spiro atoms. The Bertz CT molecular complexity index is 1260. The quantitative estimate of drug-likeness (QED) is 0.326. The van der Waals surface area contributed by atoms with Gasteiger partial charge in [0.1, 0.15) is 0 Å². The summed E-state index contributed by atoms with van der Waals surface area (Å²) in [5.41, 5.74) is 4.87. The first-order valence-corrected chi connectivity index (χ1v) is 13.1. The number of piperidine rings is 2. The van der Waals surface area contributed by atoms with Crippen LogP contribution in [0.4, 0.5) is 0 Å². The molecule has 2 atom stereocenters. The number of fused-ring (bicyclic) bond motifs is 3. The fraction of sp³-hybridized carbons (Fsp3) is 0.448. The maximum atomic E-state index is 13.9. The minimum Gasteiger partial charge on any atom is -0.393 e. The Kier molecular flexibility index (Phi) is 6.98. The van der Waals surface area contributed by atoms with Crippen LogP contribution >= 0.6 is 11.6 Å². The van der Waals surface area contributed by atoms with Gasteiger partial charge >= 0.3 is 0 Å². The molecular weight excluding hydrogens is 458 g/mol. The average molecular weight is 490 g/mol. The predicted molar refractivity (Wildman–Crippen MR) is 139 cm³/mol. The van der Waals surface area contributed by atoms with Crippen LogP contribution in [0.1, 0.15) is 66.6 Å². The lowest BCUT2D eigenvalue weighted by Crippen LogP contribution is -2.54. The number of rotatable bonds is 7. The molecule has 35 heavy (non-hydrogen) atoms. The van der Waals surface area contributed by atoms with Crippen LogP contribution in [0, 0.1) is 18.3 Å². The molecule has 182 valence electrons. The van der Waals surface area contributed by atoms with Gasteiger partial charge in [-0.2, -0.15) is 5.26 Å². The standard InChI is InChI=1S/C29H32ClN3O2/c1-19-29(28(35)18-32-23-6-4-7-24(32)17-25(34)16-23)26-13-8-20(5-2-3-14-31)15-27(26)33(19)22-11-9-21(30)10-12-22/h8-13,15,23-25,34H,2-7,16-18H2,1H3. The lowest BCUT2D eigenvalue weighted by Gasteiger charge is -2.47. The first-order valence-electron chi connectivity index (χ1n) is 12.7. The molecule has 6 heteroatoms. The maximum Gasteiger partial charge on any atom is 0.179 e. The molecule has 0 aliphatic carbocycles. The van der Waals surface area contributed by atoms with Gasteiger partial charge in [-0.25, -0.2) is 0 Å². The van der Waals surface area contributed by atoms with Crippen LogP contribution in [0.15, 0.2) is 42.5 Å². The van der Waals surface area contributed by atoms with Crippen molar-refractivity contribution >= 4 is 28.3 Å². The van der Waals surface area contributed by atoms with E-state index in [1.54, 1.807) is 0 Å². The third-order valence-electron chi connectivity index (χ3n) is 7.81. The summed E-state index contributed by atoms with van der Waals surface area (Å²) in [5, 5.41) is 20.8. The Balaban J connectivity index is 1.54. The molecule has 0 saturated carbocycles. The van der Waals surface area contributed by atoms with Crippen LogP contribution in [0.3, 0.4) is 0 Å². The molecule has 1 aromatic heterocycles. The number of ketones is 1. The number of aliphatic hydroxyl groups excluding tert-OH is 1. The summed E-state index contributed by atoms with van der Waals surface area (Å²) in [5.74, 6) is 0.144. The van der Waals surface area contributed by atoms with Gasteiger partial charge in [0.05, 0.1) is 24.2 Å². The lowest BCUT2D eigenvalue weighted by molar-refractivity contribution is -0.0225. The molecule has 2 aliphatic heterocycles. The van der Waals surface area contributed by atoms with Gasteiger partial charge in [0.2, 0.25) is 0 Å². The minimum atomic E-state index is -0.246. The van der Waals surface area contributed by atoms with E-state index in [9.17, 15) is 9.90 Å². The highest BCUT2D eigenvalue weighted by molar-refractivity contribution is 6.30. The number of carbonyl (C=O) groups is 1. The topological polar surface area (TPSA) is 69.3 Å². The van der Waals surface area contributed by atoms with Crippen molar-refractivity contribution < 1.29 is 9.90 Å². The first kappa shape index (κ1) is 24.1. The molecule has 2 unspecified atom stereocenters. The van der Waals surface area contributed by atoms with E-state index in [0.29, 0.717) is 18.0 Å². The van der Waals surface area contributed by atoms with E-state index in [1.807, 2.05) is 31.2 Å². The third kappa shape index (κ3) is 4.76. The van der Waals surface area contributed by atoms with Gasteiger partial charge in [0, 0.05) is 45.9 Å². The molecule has 5 rings (SSSR count). The highest BCUT2D eigenvalue weighted by Gasteiger charge is 2.39. The molecule has 2 aromatic carbocycles. The van der Waals surface area contributed by atoms with Gasteiger partial charge < -0.3 is 9.67 Å². The zero-order chi connectivity index (χ0) is 24.5. The van der Waals surface area contributed by atoms with Crippen LogP contribution in [0.2, 0.25) is 5.02 Å². The van der Waals surface area contributed by atoms with Gasteiger partial charge in [0.25, 0.3) is 0 Å². The molecule has 2 bridgehead atoms. The minimum absolute atomic E-state index is 0.144. The Hall–Kier alpha value is -2.65. The summed E-state index contributed by atoms with van der Waals surface area (Å²) in [6.07, 6.45) is 6.75. The molecule has 1 N–H and O–H groups in total. The molecular formula is C29H32ClN3O2. The summed E-state index contributed by atoms with van der Waals surface area (Å²) in [7, 11) is 0. The number of Topliss-reactive ketones (excluding diaryl/α,β-unsaturated/α-hetero) is 1. The van der Waals surface area contributed by atoms with E-state index < -0.39 is 0 Å². The van der Waals surface area contributed by atoms with E-state index in [2.05, 4.69) is 33.7 Å². The second kappa shape index (κ2) is 10.1. The van der Waals surface area contributed by atoms with E-state index in [1.165, 1.54) is 12.0 Å². The zero-order valence-corrected chi connectivity index (χ0v) is 21.0. The molecule has 0 radical (unpaired) electrons. The zero-order valence-electron chi connectivity index (χ0n) is 20.2.